The van der Waals surface area contributed by atoms with E-state index in [0.717, 1.165) is 19.0 Å². The Labute approximate surface area is 95.8 Å². The fourth-order valence-electron chi connectivity index (χ4n) is 1.65. The van der Waals surface area contributed by atoms with Crippen molar-refractivity contribution in [2.24, 2.45) is 5.92 Å². The summed E-state index contributed by atoms with van der Waals surface area (Å²) in [6.45, 7) is 1.99. The number of rotatable bonds is 5. The van der Waals surface area contributed by atoms with Crippen molar-refractivity contribution in [3.05, 3.63) is 28.8 Å². The lowest BCUT2D eigenvalue weighted by Gasteiger charge is -2.06. The quantitative estimate of drug-likeness (QED) is 0.596. The standard InChI is InChI=1S/C12H17ClN2/c13-11-4-3-10(7-12(11)14)8-15-6-5-9-1-2-9/h3-4,7,9,15H,1-2,5-6,8,14H2. The minimum atomic E-state index is 0.636. The Balaban J connectivity index is 1.74. The number of nitrogen functional groups attached to an aromatic ring is 1. The Kier molecular flexibility index (Phi) is 3.49. The smallest absolute Gasteiger partial charge is 0.0635 e. The van der Waals surface area contributed by atoms with Crippen LogP contribution in [-0.2, 0) is 6.54 Å². The number of hydrogen-bond acceptors (Lipinski definition) is 2. The highest BCUT2D eigenvalue weighted by Crippen LogP contribution is 2.31. The average Bonchev–Trinajstić information content (AvgIpc) is 3.02. The Hall–Kier alpha value is -0.730. The molecule has 1 aliphatic rings. The zero-order valence-corrected chi connectivity index (χ0v) is 9.56. The number of hydrogen-bond donors (Lipinski definition) is 2. The summed E-state index contributed by atoms with van der Waals surface area (Å²) in [6.07, 6.45) is 4.16. The van der Waals surface area contributed by atoms with E-state index in [-0.39, 0.29) is 0 Å². The zero-order valence-electron chi connectivity index (χ0n) is 8.80. The lowest BCUT2D eigenvalue weighted by molar-refractivity contribution is 0.613. The van der Waals surface area contributed by atoms with Crippen molar-refractivity contribution in [3.8, 4) is 0 Å². The van der Waals surface area contributed by atoms with Gasteiger partial charge in [-0.2, -0.15) is 0 Å². The van der Waals surface area contributed by atoms with Gasteiger partial charge in [-0.05, 0) is 36.6 Å². The van der Waals surface area contributed by atoms with Gasteiger partial charge < -0.3 is 11.1 Å². The molecule has 0 spiro atoms. The SMILES string of the molecule is Nc1cc(CNCCC2CC2)ccc1Cl. The first-order valence-electron chi connectivity index (χ1n) is 5.50. The second kappa shape index (κ2) is 4.86. The maximum atomic E-state index is 5.85. The first-order valence-corrected chi connectivity index (χ1v) is 5.88. The molecule has 1 aromatic carbocycles. The number of nitrogens with one attached hydrogen (secondary N) is 1. The molecule has 0 unspecified atom stereocenters. The third-order valence-electron chi connectivity index (χ3n) is 2.82. The molecule has 1 fully saturated rings. The molecule has 1 aromatic rings. The van der Waals surface area contributed by atoms with Crippen LogP contribution in [0.2, 0.25) is 5.02 Å². The molecule has 0 atom stereocenters. The van der Waals surface area contributed by atoms with Gasteiger partial charge in [0.15, 0.2) is 0 Å². The van der Waals surface area contributed by atoms with E-state index >= 15 is 0 Å². The van der Waals surface area contributed by atoms with E-state index in [1.165, 1.54) is 24.8 Å². The minimum Gasteiger partial charge on any atom is -0.398 e. The van der Waals surface area contributed by atoms with E-state index in [2.05, 4.69) is 5.32 Å². The second-order valence-corrected chi connectivity index (χ2v) is 4.67. The molecule has 2 rings (SSSR count). The monoisotopic (exact) mass is 224 g/mol. The van der Waals surface area contributed by atoms with E-state index in [9.17, 15) is 0 Å². The number of benzene rings is 1. The molecule has 15 heavy (non-hydrogen) atoms. The van der Waals surface area contributed by atoms with Crippen LogP contribution in [0.3, 0.4) is 0 Å². The van der Waals surface area contributed by atoms with Crippen molar-refractivity contribution in [3.63, 3.8) is 0 Å². The molecular formula is C12H17ClN2. The lowest BCUT2D eigenvalue weighted by atomic mass is 10.2. The Morgan fingerprint density at radius 1 is 1.40 bits per heavy atom. The van der Waals surface area contributed by atoms with Crippen LogP contribution in [0.5, 0.6) is 0 Å². The molecule has 3 heteroatoms. The summed E-state index contributed by atoms with van der Waals surface area (Å²) >= 11 is 5.85. The molecule has 1 saturated carbocycles. The molecule has 0 heterocycles. The van der Waals surface area contributed by atoms with Crippen molar-refractivity contribution in [2.45, 2.75) is 25.8 Å². The van der Waals surface area contributed by atoms with Gasteiger partial charge in [-0.25, -0.2) is 0 Å². The van der Waals surface area contributed by atoms with Gasteiger partial charge in [0.25, 0.3) is 0 Å². The van der Waals surface area contributed by atoms with Crippen LogP contribution in [0.25, 0.3) is 0 Å². The fourth-order valence-corrected chi connectivity index (χ4v) is 1.77. The maximum Gasteiger partial charge on any atom is 0.0635 e. The third-order valence-corrected chi connectivity index (χ3v) is 3.16. The molecule has 0 aromatic heterocycles. The average molecular weight is 225 g/mol. The molecule has 1 aliphatic carbocycles. The van der Waals surface area contributed by atoms with Crippen LogP contribution in [0, 0.1) is 5.92 Å². The van der Waals surface area contributed by atoms with Crippen molar-refractivity contribution in [2.75, 3.05) is 12.3 Å². The van der Waals surface area contributed by atoms with Gasteiger partial charge in [0, 0.05) is 6.54 Å². The first kappa shape index (κ1) is 10.8. The molecule has 3 N–H and O–H groups in total. The second-order valence-electron chi connectivity index (χ2n) is 4.26. The Morgan fingerprint density at radius 2 is 2.20 bits per heavy atom. The van der Waals surface area contributed by atoms with Gasteiger partial charge in [0.1, 0.15) is 0 Å². The zero-order chi connectivity index (χ0) is 10.7. The third kappa shape index (κ3) is 3.40. The van der Waals surface area contributed by atoms with Crippen molar-refractivity contribution < 1.29 is 0 Å². The molecule has 0 saturated heterocycles. The molecule has 0 radical (unpaired) electrons. The van der Waals surface area contributed by atoms with Crippen molar-refractivity contribution in [1.29, 1.82) is 0 Å². The van der Waals surface area contributed by atoms with Gasteiger partial charge in [-0.3, -0.25) is 0 Å². The highest BCUT2D eigenvalue weighted by molar-refractivity contribution is 6.33. The summed E-state index contributed by atoms with van der Waals surface area (Å²) in [4.78, 5) is 0. The molecule has 0 bridgehead atoms. The molecular weight excluding hydrogens is 208 g/mol. The van der Waals surface area contributed by atoms with Crippen LogP contribution in [0.1, 0.15) is 24.8 Å². The predicted molar refractivity (Wildman–Crippen MR) is 64.9 cm³/mol. The summed E-state index contributed by atoms with van der Waals surface area (Å²) in [7, 11) is 0. The number of anilines is 1. The van der Waals surface area contributed by atoms with E-state index in [1.807, 2.05) is 18.2 Å². The van der Waals surface area contributed by atoms with Gasteiger partial charge >= 0.3 is 0 Å². The Bertz CT molecular complexity index is 334. The van der Waals surface area contributed by atoms with Gasteiger partial charge in [0.2, 0.25) is 0 Å². The van der Waals surface area contributed by atoms with Crippen LogP contribution < -0.4 is 11.1 Å². The summed E-state index contributed by atoms with van der Waals surface area (Å²) in [6, 6.07) is 5.81. The van der Waals surface area contributed by atoms with Gasteiger partial charge in [-0.1, -0.05) is 30.5 Å². The van der Waals surface area contributed by atoms with Crippen LogP contribution >= 0.6 is 11.6 Å². The van der Waals surface area contributed by atoms with Crippen molar-refractivity contribution >= 4 is 17.3 Å². The van der Waals surface area contributed by atoms with Crippen LogP contribution in [0.4, 0.5) is 5.69 Å². The highest BCUT2D eigenvalue weighted by atomic mass is 35.5. The van der Waals surface area contributed by atoms with Crippen molar-refractivity contribution in [1.82, 2.24) is 5.32 Å². The van der Waals surface area contributed by atoms with Gasteiger partial charge in [-0.15, -0.1) is 0 Å². The topological polar surface area (TPSA) is 38.0 Å². The summed E-state index contributed by atoms with van der Waals surface area (Å²) < 4.78 is 0. The summed E-state index contributed by atoms with van der Waals surface area (Å²) in [5.41, 5.74) is 7.59. The van der Waals surface area contributed by atoms with E-state index in [4.69, 9.17) is 17.3 Å². The van der Waals surface area contributed by atoms with Gasteiger partial charge in [0.05, 0.1) is 10.7 Å². The molecule has 0 amide bonds. The van der Waals surface area contributed by atoms with E-state index in [1.54, 1.807) is 0 Å². The lowest BCUT2D eigenvalue weighted by Crippen LogP contribution is -2.15. The molecule has 82 valence electrons. The fraction of sp³-hybridized carbons (Fsp3) is 0.500. The normalized spacial score (nSPS) is 15.5. The van der Waals surface area contributed by atoms with E-state index < -0.39 is 0 Å². The predicted octanol–water partition coefficient (Wildman–Crippen LogP) is 2.81. The highest BCUT2D eigenvalue weighted by Gasteiger charge is 2.19. The largest absolute Gasteiger partial charge is 0.398 e. The number of halogens is 1. The molecule has 2 nitrogen and oxygen atoms in total. The summed E-state index contributed by atoms with van der Waals surface area (Å²) in [5, 5.41) is 4.06. The number of nitrogens with two attached hydrogens (primary N) is 1. The first-order chi connectivity index (χ1) is 7.25. The summed E-state index contributed by atoms with van der Waals surface area (Å²) in [5.74, 6) is 0.993. The van der Waals surface area contributed by atoms with E-state index in [0.29, 0.717) is 10.7 Å². The van der Waals surface area contributed by atoms with Crippen LogP contribution in [-0.4, -0.2) is 6.54 Å². The molecule has 0 aliphatic heterocycles. The minimum absolute atomic E-state index is 0.636. The maximum absolute atomic E-state index is 5.85. The van der Waals surface area contributed by atoms with Crippen LogP contribution in [0.15, 0.2) is 18.2 Å². The Morgan fingerprint density at radius 3 is 2.87 bits per heavy atom.